The van der Waals surface area contributed by atoms with Crippen LogP contribution >= 0.6 is 0 Å². The second-order valence-electron chi connectivity index (χ2n) is 6.82. The third-order valence-corrected chi connectivity index (χ3v) is 4.39. The summed E-state index contributed by atoms with van der Waals surface area (Å²) in [6.07, 6.45) is 0. The van der Waals surface area contributed by atoms with E-state index in [-0.39, 0.29) is 0 Å². The van der Waals surface area contributed by atoms with E-state index >= 15 is 0 Å². The second-order valence-corrected chi connectivity index (χ2v) is 6.82. The summed E-state index contributed by atoms with van der Waals surface area (Å²) in [7, 11) is 0. The quantitative estimate of drug-likeness (QED) is 0.298. The molecule has 4 heteroatoms. The molecule has 0 saturated carbocycles. The van der Waals surface area contributed by atoms with Gasteiger partial charge < -0.3 is 21.7 Å². The van der Waals surface area contributed by atoms with Gasteiger partial charge in [0, 0.05) is 11.4 Å². The molecule has 0 atom stereocenters. The number of nitrogen functional groups attached to an aromatic ring is 2. The maximum atomic E-state index is 8.92. The lowest BCUT2D eigenvalue weighted by Gasteiger charge is -2.02. The van der Waals surface area contributed by atoms with Crippen molar-refractivity contribution in [1.29, 1.82) is 0 Å². The van der Waals surface area contributed by atoms with Crippen molar-refractivity contribution in [3.63, 3.8) is 0 Å². The van der Waals surface area contributed by atoms with Gasteiger partial charge >= 0.3 is 0 Å². The molecule has 0 aliphatic heterocycles. The number of nitrogens with two attached hydrogens (primary N) is 2. The summed E-state index contributed by atoms with van der Waals surface area (Å²) < 4.78 is 0. The molecule has 0 aliphatic rings. The Balaban J connectivity index is 0.000000172. The summed E-state index contributed by atoms with van der Waals surface area (Å²) in [4.78, 5) is 0. The zero-order valence-corrected chi connectivity index (χ0v) is 17.3. The molecule has 0 amide bonds. The molecule has 0 bridgehead atoms. The molecular weight excluding hydrogens is 372 g/mol. The van der Waals surface area contributed by atoms with Crippen LogP contribution in [0.3, 0.4) is 0 Å². The summed E-state index contributed by atoms with van der Waals surface area (Å²) in [5.74, 6) is 0.736. The number of rotatable bonds is 1. The van der Waals surface area contributed by atoms with Gasteiger partial charge in [-0.15, -0.1) is 0 Å². The minimum absolute atomic E-state index is 0.368. The van der Waals surface area contributed by atoms with Gasteiger partial charge in [-0.3, -0.25) is 0 Å². The van der Waals surface area contributed by atoms with Gasteiger partial charge in [-0.1, -0.05) is 60.7 Å². The maximum Gasteiger partial charge on any atom is 0.118 e. The molecule has 4 aromatic carbocycles. The largest absolute Gasteiger partial charge is 0.508 e. The van der Waals surface area contributed by atoms with Crippen molar-refractivity contribution < 1.29 is 10.2 Å². The topological polar surface area (TPSA) is 92.5 Å². The van der Waals surface area contributed by atoms with Crippen LogP contribution in [0.5, 0.6) is 11.5 Å². The van der Waals surface area contributed by atoms with Crippen LogP contribution in [0.15, 0.2) is 97.1 Å². The molecular formula is C26H28N2O2. The van der Waals surface area contributed by atoms with Gasteiger partial charge in [0.15, 0.2) is 0 Å². The van der Waals surface area contributed by atoms with Gasteiger partial charge in [-0.2, -0.15) is 0 Å². The van der Waals surface area contributed by atoms with Crippen LogP contribution in [-0.2, 0) is 0 Å². The van der Waals surface area contributed by atoms with E-state index in [0.29, 0.717) is 11.5 Å². The average Bonchev–Trinajstić information content (AvgIpc) is 2.75. The highest BCUT2D eigenvalue weighted by Crippen LogP contribution is 2.21. The van der Waals surface area contributed by atoms with Gasteiger partial charge in [0.2, 0.25) is 0 Å². The highest BCUT2D eigenvalue weighted by atomic mass is 16.3. The number of aromatic hydroxyl groups is 2. The first-order chi connectivity index (χ1) is 14.4. The first kappa shape index (κ1) is 22.4. The molecule has 30 heavy (non-hydrogen) atoms. The van der Waals surface area contributed by atoms with Gasteiger partial charge in [-0.25, -0.2) is 0 Å². The van der Waals surface area contributed by atoms with Crippen molar-refractivity contribution in [3.8, 4) is 22.6 Å². The van der Waals surface area contributed by atoms with E-state index in [1.165, 1.54) is 0 Å². The highest BCUT2D eigenvalue weighted by Gasteiger charge is 1.96. The monoisotopic (exact) mass is 400 g/mol. The molecule has 0 fully saturated rings. The van der Waals surface area contributed by atoms with E-state index in [1.54, 1.807) is 12.1 Å². The Hall–Kier alpha value is -3.92. The number of hydrogen-bond acceptors (Lipinski definition) is 4. The zero-order valence-electron chi connectivity index (χ0n) is 17.3. The Morgan fingerprint density at radius 2 is 0.767 bits per heavy atom. The fourth-order valence-electron chi connectivity index (χ4n) is 2.48. The smallest absolute Gasteiger partial charge is 0.118 e. The summed E-state index contributed by atoms with van der Waals surface area (Å²) in [5.41, 5.74) is 16.9. The van der Waals surface area contributed by atoms with E-state index in [4.69, 9.17) is 21.7 Å². The molecule has 0 unspecified atom stereocenters. The normalized spacial score (nSPS) is 9.53. The van der Waals surface area contributed by atoms with Crippen molar-refractivity contribution in [1.82, 2.24) is 0 Å². The zero-order chi connectivity index (χ0) is 21.9. The molecule has 4 rings (SSSR count). The van der Waals surface area contributed by atoms with E-state index in [9.17, 15) is 0 Å². The number of hydrogen-bond donors (Lipinski definition) is 4. The standard InChI is InChI=1S/C12H12N2.2C7H8O/c13-11-5-1-9(2-6-11)10-3-7-12(14)8-4-10;2*1-6-4-2-3-5-7(6)8/h1-8H,13-14H2;2*2-5,8H,1H3. The van der Waals surface area contributed by atoms with Crippen LogP contribution in [0, 0.1) is 13.8 Å². The Labute approximate surface area is 178 Å². The summed E-state index contributed by atoms with van der Waals surface area (Å²) in [6.45, 7) is 3.74. The first-order valence-corrected chi connectivity index (χ1v) is 9.57. The van der Waals surface area contributed by atoms with Crippen LogP contribution in [0.1, 0.15) is 11.1 Å². The summed E-state index contributed by atoms with van der Waals surface area (Å²) in [6, 6.07) is 30.1. The molecule has 0 aromatic heterocycles. The third kappa shape index (κ3) is 7.24. The highest BCUT2D eigenvalue weighted by molar-refractivity contribution is 5.67. The Bertz CT molecular complexity index is 914. The number of anilines is 2. The van der Waals surface area contributed by atoms with Crippen molar-refractivity contribution in [2.24, 2.45) is 0 Å². The van der Waals surface area contributed by atoms with Crippen LogP contribution in [0.25, 0.3) is 11.1 Å². The molecule has 0 aliphatic carbocycles. The lowest BCUT2D eigenvalue weighted by atomic mass is 10.1. The first-order valence-electron chi connectivity index (χ1n) is 9.57. The van der Waals surface area contributed by atoms with E-state index in [0.717, 1.165) is 33.6 Å². The van der Waals surface area contributed by atoms with Crippen LogP contribution < -0.4 is 11.5 Å². The number of para-hydroxylation sites is 2. The van der Waals surface area contributed by atoms with Crippen molar-refractivity contribution >= 4 is 11.4 Å². The Morgan fingerprint density at radius 3 is 1.00 bits per heavy atom. The number of phenols is 2. The molecule has 4 nitrogen and oxygen atoms in total. The molecule has 6 N–H and O–H groups in total. The van der Waals surface area contributed by atoms with E-state index < -0.39 is 0 Å². The minimum atomic E-state index is 0.368. The van der Waals surface area contributed by atoms with Crippen molar-refractivity contribution in [2.75, 3.05) is 11.5 Å². The van der Waals surface area contributed by atoms with Crippen LogP contribution in [0.2, 0.25) is 0 Å². The summed E-state index contributed by atoms with van der Waals surface area (Å²) in [5, 5.41) is 17.8. The fraction of sp³-hybridized carbons (Fsp3) is 0.0769. The molecule has 0 heterocycles. The predicted molar refractivity (Wildman–Crippen MR) is 126 cm³/mol. The SMILES string of the molecule is Cc1ccccc1O.Cc1ccccc1O.Nc1ccc(-c2ccc(N)cc2)cc1. The number of aryl methyl sites for hydroxylation is 2. The molecule has 0 radical (unpaired) electrons. The fourth-order valence-corrected chi connectivity index (χ4v) is 2.48. The molecule has 0 saturated heterocycles. The molecule has 0 spiro atoms. The lowest BCUT2D eigenvalue weighted by molar-refractivity contribution is 0.470. The molecule has 4 aromatic rings. The second kappa shape index (κ2) is 11.2. The van der Waals surface area contributed by atoms with E-state index in [2.05, 4.69) is 0 Å². The summed E-state index contributed by atoms with van der Waals surface area (Å²) >= 11 is 0. The maximum absolute atomic E-state index is 8.92. The predicted octanol–water partition coefficient (Wildman–Crippen LogP) is 5.92. The van der Waals surface area contributed by atoms with Crippen LogP contribution in [-0.4, -0.2) is 10.2 Å². The third-order valence-electron chi connectivity index (χ3n) is 4.39. The Kier molecular flexibility index (Phi) is 8.33. The number of benzene rings is 4. The van der Waals surface area contributed by atoms with Crippen molar-refractivity contribution in [3.05, 3.63) is 108 Å². The number of phenolic OH excluding ortho intramolecular Hbond substituents is 2. The van der Waals surface area contributed by atoms with Gasteiger partial charge in [0.1, 0.15) is 11.5 Å². The average molecular weight is 401 g/mol. The molecule has 154 valence electrons. The Morgan fingerprint density at radius 1 is 0.467 bits per heavy atom. The van der Waals surface area contributed by atoms with Gasteiger partial charge in [-0.05, 0) is 72.5 Å². The van der Waals surface area contributed by atoms with Gasteiger partial charge in [0.25, 0.3) is 0 Å². The minimum Gasteiger partial charge on any atom is -0.508 e. The van der Waals surface area contributed by atoms with Crippen LogP contribution in [0.4, 0.5) is 11.4 Å². The van der Waals surface area contributed by atoms with Gasteiger partial charge in [0.05, 0.1) is 0 Å². The lowest BCUT2D eigenvalue weighted by Crippen LogP contribution is -1.85. The van der Waals surface area contributed by atoms with E-state index in [1.807, 2.05) is 98.8 Å². The van der Waals surface area contributed by atoms with Crippen molar-refractivity contribution in [2.45, 2.75) is 13.8 Å².